The van der Waals surface area contributed by atoms with Crippen molar-refractivity contribution in [3.8, 4) is 0 Å². The molecule has 0 aliphatic rings. The maximum absolute atomic E-state index is 3.78. The minimum absolute atomic E-state index is 0.262. The summed E-state index contributed by atoms with van der Waals surface area (Å²) in [6.45, 7) is 17.4. The van der Waals surface area contributed by atoms with Gasteiger partial charge in [-0.1, -0.05) is 53.9 Å². The second-order valence-electron chi connectivity index (χ2n) is 7.42. The van der Waals surface area contributed by atoms with Crippen molar-refractivity contribution in [1.82, 2.24) is 5.32 Å². The topological polar surface area (TPSA) is 12.0 Å². The van der Waals surface area contributed by atoms with Crippen LogP contribution in [0.5, 0.6) is 0 Å². The first-order valence-electron chi connectivity index (χ1n) is 7.45. The summed E-state index contributed by atoms with van der Waals surface area (Å²) in [5.41, 5.74) is 0.666. The lowest BCUT2D eigenvalue weighted by Gasteiger charge is -2.34. The maximum Gasteiger partial charge on any atom is 0.0130 e. The van der Waals surface area contributed by atoms with E-state index in [0.29, 0.717) is 5.41 Å². The summed E-state index contributed by atoms with van der Waals surface area (Å²) in [6.07, 6.45) is 6.61. The van der Waals surface area contributed by atoms with Crippen LogP contribution in [-0.2, 0) is 0 Å². The predicted molar refractivity (Wildman–Crippen MR) is 79.5 cm³/mol. The number of unbranched alkanes of at least 4 members (excludes halogenated alkanes) is 1. The molecule has 0 aliphatic carbocycles. The molecule has 0 aliphatic heterocycles. The van der Waals surface area contributed by atoms with Gasteiger partial charge in [-0.2, -0.15) is 0 Å². The summed E-state index contributed by atoms with van der Waals surface area (Å²) < 4.78 is 0. The number of hydrogen-bond donors (Lipinski definition) is 1. The van der Waals surface area contributed by atoms with Gasteiger partial charge in [-0.05, 0) is 44.6 Å². The monoisotopic (exact) mass is 241 g/mol. The highest BCUT2D eigenvalue weighted by molar-refractivity contribution is 4.83. The van der Waals surface area contributed by atoms with Crippen LogP contribution in [0.2, 0.25) is 0 Å². The SMILES string of the molecule is CCCCC(CC)CNC(C)(C)CC(C)(C)C. The maximum atomic E-state index is 3.78. The molecule has 0 saturated carbocycles. The molecule has 1 heteroatoms. The van der Waals surface area contributed by atoms with Crippen molar-refractivity contribution < 1.29 is 0 Å². The van der Waals surface area contributed by atoms with Crippen LogP contribution in [0.15, 0.2) is 0 Å². The third-order valence-corrected chi connectivity index (χ3v) is 3.38. The molecule has 0 radical (unpaired) electrons. The molecule has 0 heterocycles. The Morgan fingerprint density at radius 3 is 2.00 bits per heavy atom. The Morgan fingerprint density at radius 2 is 1.59 bits per heavy atom. The van der Waals surface area contributed by atoms with Crippen molar-refractivity contribution in [2.75, 3.05) is 6.54 Å². The lowest BCUT2D eigenvalue weighted by atomic mass is 9.81. The van der Waals surface area contributed by atoms with Crippen LogP contribution in [-0.4, -0.2) is 12.1 Å². The van der Waals surface area contributed by atoms with Gasteiger partial charge < -0.3 is 5.32 Å². The molecule has 0 aromatic carbocycles. The van der Waals surface area contributed by atoms with Crippen LogP contribution in [0.3, 0.4) is 0 Å². The Labute approximate surface area is 110 Å². The normalized spacial score (nSPS) is 15.0. The van der Waals surface area contributed by atoms with E-state index in [1.807, 2.05) is 0 Å². The lowest BCUT2D eigenvalue weighted by Crippen LogP contribution is -2.44. The van der Waals surface area contributed by atoms with Gasteiger partial charge in [0.1, 0.15) is 0 Å². The van der Waals surface area contributed by atoms with Crippen molar-refractivity contribution in [3.63, 3.8) is 0 Å². The first kappa shape index (κ1) is 17.0. The van der Waals surface area contributed by atoms with Gasteiger partial charge in [-0.25, -0.2) is 0 Å². The van der Waals surface area contributed by atoms with Crippen LogP contribution in [0, 0.1) is 11.3 Å². The van der Waals surface area contributed by atoms with E-state index in [2.05, 4.69) is 53.8 Å². The molecule has 0 amide bonds. The molecule has 0 aromatic heterocycles. The van der Waals surface area contributed by atoms with Crippen LogP contribution in [0.1, 0.15) is 80.6 Å². The first-order chi connectivity index (χ1) is 7.70. The smallest absolute Gasteiger partial charge is 0.0130 e. The summed E-state index contributed by atoms with van der Waals surface area (Å²) in [7, 11) is 0. The predicted octanol–water partition coefficient (Wildman–Crippen LogP) is 5.01. The fourth-order valence-electron chi connectivity index (χ4n) is 2.75. The highest BCUT2D eigenvalue weighted by atomic mass is 15.0. The first-order valence-corrected chi connectivity index (χ1v) is 7.45. The number of nitrogens with one attached hydrogen (secondary N) is 1. The Hall–Kier alpha value is -0.0400. The van der Waals surface area contributed by atoms with E-state index in [-0.39, 0.29) is 5.54 Å². The second-order valence-corrected chi connectivity index (χ2v) is 7.42. The molecule has 0 spiro atoms. The zero-order chi connectivity index (χ0) is 13.5. The minimum atomic E-state index is 0.262. The van der Waals surface area contributed by atoms with E-state index in [0.717, 1.165) is 5.92 Å². The molecule has 1 atom stereocenters. The third kappa shape index (κ3) is 9.64. The summed E-state index contributed by atoms with van der Waals surface area (Å²) in [5, 5.41) is 3.78. The molecular formula is C16H35N. The average Bonchev–Trinajstić information content (AvgIpc) is 2.14. The Morgan fingerprint density at radius 1 is 1.00 bits per heavy atom. The summed E-state index contributed by atoms with van der Waals surface area (Å²) in [5.74, 6) is 0.856. The number of rotatable bonds is 8. The van der Waals surface area contributed by atoms with Gasteiger partial charge in [0.15, 0.2) is 0 Å². The Balaban J connectivity index is 4.05. The molecule has 0 saturated heterocycles. The molecule has 0 aromatic rings. The molecule has 0 fully saturated rings. The van der Waals surface area contributed by atoms with E-state index in [9.17, 15) is 0 Å². The third-order valence-electron chi connectivity index (χ3n) is 3.38. The zero-order valence-electron chi connectivity index (χ0n) is 13.3. The average molecular weight is 241 g/mol. The van der Waals surface area contributed by atoms with Gasteiger partial charge in [0, 0.05) is 5.54 Å². The fourth-order valence-corrected chi connectivity index (χ4v) is 2.75. The lowest BCUT2D eigenvalue weighted by molar-refractivity contribution is 0.228. The summed E-state index contributed by atoms with van der Waals surface area (Å²) in [6, 6.07) is 0. The molecule has 1 nitrogen and oxygen atoms in total. The number of hydrogen-bond acceptors (Lipinski definition) is 1. The summed E-state index contributed by atoms with van der Waals surface area (Å²) in [4.78, 5) is 0. The molecule has 1 N–H and O–H groups in total. The molecule has 0 rings (SSSR count). The van der Waals surface area contributed by atoms with Crippen LogP contribution in [0.25, 0.3) is 0 Å². The van der Waals surface area contributed by atoms with E-state index < -0.39 is 0 Å². The van der Waals surface area contributed by atoms with Crippen molar-refractivity contribution >= 4 is 0 Å². The van der Waals surface area contributed by atoms with Gasteiger partial charge in [0.25, 0.3) is 0 Å². The van der Waals surface area contributed by atoms with Crippen LogP contribution >= 0.6 is 0 Å². The van der Waals surface area contributed by atoms with Crippen molar-refractivity contribution in [2.24, 2.45) is 11.3 Å². The molecule has 0 bridgehead atoms. The molecule has 1 unspecified atom stereocenters. The van der Waals surface area contributed by atoms with E-state index in [4.69, 9.17) is 0 Å². The van der Waals surface area contributed by atoms with Gasteiger partial charge in [-0.3, -0.25) is 0 Å². The van der Waals surface area contributed by atoms with Gasteiger partial charge in [0.05, 0.1) is 0 Å². The standard InChI is InChI=1S/C16H35N/c1-8-10-11-14(9-2)12-17-16(6,7)13-15(3,4)5/h14,17H,8-13H2,1-7H3. The van der Waals surface area contributed by atoms with Gasteiger partial charge >= 0.3 is 0 Å². The van der Waals surface area contributed by atoms with Crippen molar-refractivity contribution in [1.29, 1.82) is 0 Å². The molecule has 104 valence electrons. The Bertz CT molecular complexity index is 188. The van der Waals surface area contributed by atoms with E-state index in [1.54, 1.807) is 0 Å². The van der Waals surface area contributed by atoms with Crippen molar-refractivity contribution in [2.45, 2.75) is 86.1 Å². The van der Waals surface area contributed by atoms with Crippen LogP contribution < -0.4 is 5.32 Å². The fraction of sp³-hybridized carbons (Fsp3) is 1.00. The van der Waals surface area contributed by atoms with Crippen molar-refractivity contribution in [3.05, 3.63) is 0 Å². The van der Waals surface area contributed by atoms with E-state index >= 15 is 0 Å². The molecular weight excluding hydrogens is 206 g/mol. The zero-order valence-corrected chi connectivity index (χ0v) is 13.3. The minimum Gasteiger partial charge on any atom is -0.311 e. The van der Waals surface area contributed by atoms with Crippen LogP contribution in [0.4, 0.5) is 0 Å². The second kappa shape index (κ2) is 7.41. The Kier molecular flexibility index (Phi) is 7.39. The quantitative estimate of drug-likeness (QED) is 0.630. The van der Waals surface area contributed by atoms with Gasteiger partial charge in [-0.15, -0.1) is 0 Å². The highest BCUT2D eigenvalue weighted by Gasteiger charge is 2.25. The largest absolute Gasteiger partial charge is 0.311 e. The highest BCUT2D eigenvalue weighted by Crippen LogP contribution is 2.27. The summed E-state index contributed by atoms with van der Waals surface area (Å²) >= 11 is 0. The molecule has 17 heavy (non-hydrogen) atoms. The van der Waals surface area contributed by atoms with Gasteiger partial charge in [0.2, 0.25) is 0 Å². The van der Waals surface area contributed by atoms with E-state index in [1.165, 1.54) is 38.6 Å².